The van der Waals surface area contributed by atoms with Crippen molar-refractivity contribution in [2.45, 2.75) is 51.4 Å². The molecule has 0 atom stereocenters. The molecule has 61 heavy (non-hydrogen) atoms. The molecule has 11 rings (SSSR count). The van der Waals surface area contributed by atoms with Gasteiger partial charge in [-0.1, -0.05) is 155 Å². The molecule has 3 heterocycles. The van der Waals surface area contributed by atoms with Gasteiger partial charge in [0.2, 0.25) is 0 Å². The van der Waals surface area contributed by atoms with Gasteiger partial charge in [0.25, 0.3) is 6.33 Å². The highest BCUT2D eigenvalue weighted by Crippen LogP contribution is 2.49. The minimum Gasteiger partial charge on any atom is -0.458 e. The van der Waals surface area contributed by atoms with Crippen molar-refractivity contribution in [1.29, 1.82) is 0 Å². The number of pyridine rings is 1. The summed E-state index contributed by atoms with van der Waals surface area (Å²) in [6, 6.07) is 31.3. The fraction of sp³-hybridized carbons (Fsp3) is 0.143. The van der Waals surface area contributed by atoms with E-state index in [0.717, 1.165) is 40.5 Å². The number of para-hydroxylation sites is 4. The number of nitrogens with zero attached hydrogens (tertiary/aromatic N) is 4. The number of benzene rings is 7. The summed E-state index contributed by atoms with van der Waals surface area (Å²) in [6.07, 6.45) is 7.50. The standard InChI is InChI=1S/C56H46N4O/c1-55(2)32-33-56(3,4)52-47(55)31-34-57-54(52)60-48-26-12-11-23-45(48)46-30-29-42(36-51(46)60)61-41-22-15-21-40(35-41)58-37-59(50-28-14-13-27-49(50)58)53-43(38-17-7-5-8-18-38)24-16-25-44(53)39-19-9-6-10-20-39/h5-31,34-36H,32-33H2,1-4H3/i5D,6D,7D,8D,9D,10D,17D,18D,19D,20D. The van der Waals surface area contributed by atoms with Crippen LogP contribution in [0.3, 0.4) is 0 Å². The summed E-state index contributed by atoms with van der Waals surface area (Å²) in [4.78, 5) is 5.12. The van der Waals surface area contributed by atoms with Gasteiger partial charge in [-0.2, -0.15) is 0 Å². The summed E-state index contributed by atoms with van der Waals surface area (Å²) >= 11 is 0. The summed E-state index contributed by atoms with van der Waals surface area (Å²) in [6.45, 7) is 9.26. The molecule has 0 saturated carbocycles. The van der Waals surface area contributed by atoms with E-state index in [-0.39, 0.29) is 38.8 Å². The average Bonchev–Trinajstić information content (AvgIpc) is 3.91. The van der Waals surface area contributed by atoms with Crippen molar-refractivity contribution in [1.82, 2.24) is 14.1 Å². The van der Waals surface area contributed by atoms with Crippen molar-refractivity contribution >= 4 is 32.8 Å². The van der Waals surface area contributed by atoms with Crippen LogP contribution < -0.4 is 9.30 Å². The maximum Gasteiger partial charge on any atom is 0.269 e. The highest BCUT2D eigenvalue weighted by molar-refractivity contribution is 6.09. The van der Waals surface area contributed by atoms with Gasteiger partial charge in [0.1, 0.15) is 17.3 Å². The van der Waals surface area contributed by atoms with Crippen LogP contribution in [0.2, 0.25) is 0 Å². The fourth-order valence-electron chi connectivity index (χ4n) is 9.17. The molecule has 3 aromatic heterocycles. The molecule has 0 aliphatic heterocycles. The summed E-state index contributed by atoms with van der Waals surface area (Å²) in [5.41, 5.74) is 6.58. The van der Waals surface area contributed by atoms with Crippen LogP contribution in [0.5, 0.6) is 11.5 Å². The Morgan fingerprint density at radius 2 is 1.26 bits per heavy atom. The monoisotopic (exact) mass is 800 g/mol. The molecular formula is C56H46N4O. The number of hydrogen-bond donors (Lipinski definition) is 0. The zero-order chi connectivity index (χ0) is 50.0. The van der Waals surface area contributed by atoms with E-state index in [4.69, 9.17) is 23.4 Å². The van der Waals surface area contributed by atoms with Crippen LogP contribution in [0, 0.1) is 6.33 Å². The molecule has 0 fully saturated rings. The Kier molecular flexibility index (Phi) is 6.40. The number of rotatable bonds is 7. The third-order valence-electron chi connectivity index (χ3n) is 12.2. The number of imidazole rings is 1. The Bertz CT molecular complexity index is 3750. The molecule has 0 saturated heterocycles. The number of ether oxygens (including phenoxy) is 1. The highest BCUT2D eigenvalue weighted by Gasteiger charge is 2.40. The predicted molar refractivity (Wildman–Crippen MR) is 248 cm³/mol. The molecule has 1 aliphatic rings. The number of aromatic nitrogens is 4. The first kappa shape index (κ1) is 27.5. The first-order valence-electron chi connectivity index (χ1n) is 25.4. The summed E-state index contributed by atoms with van der Waals surface area (Å²) in [7, 11) is 0. The van der Waals surface area contributed by atoms with E-state index < -0.39 is 60.4 Å². The maximum absolute atomic E-state index is 9.03. The van der Waals surface area contributed by atoms with Gasteiger partial charge in [0.15, 0.2) is 0 Å². The van der Waals surface area contributed by atoms with Crippen LogP contribution in [0.1, 0.15) is 65.4 Å². The molecule has 0 spiro atoms. The minimum absolute atomic E-state index is 0.0112. The molecular weight excluding hydrogens is 745 g/mol. The van der Waals surface area contributed by atoms with Crippen molar-refractivity contribution in [3.8, 4) is 50.9 Å². The summed E-state index contributed by atoms with van der Waals surface area (Å²) < 4.78 is 99.6. The van der Waals surface area contributed by atoms with Crippen LogP contribution >= 0.6 is 0 Å². The molecule has 0 unspecified atom stereocenters. The molecule has 0 radical (unpaired) electrons. The van der Waals surface area contributed by atoms with Gasteiger partial charge in [0, 0.05) is 28.6 Å². The van der Waals surface area contributed by atoms with E-state index in [1.165, 1.54) is 11.1 Å². The zero-order valence-electron chi connectivity index (χ0n) is 44.2. The second-order valence-corrected chi connectivity index (χ2v) is 16.9. The van der Waals surface area contributed by atoms with Crippen LogP contribution in [-0.4, -0.2) is 14.1 Å². The summed E-state index contributed by atoms with van der Waals surface area (Å²) in [5, 5.41) is 2.17. The van der Waals surface area contributed by atoms with E-state index in [1.54, 1.807) is 27.3 Å². The molecule has 0 bridgehead atoms. The lowest BCUT2D eigenvalue weighted by molar-refractivity contribution is -0.571. The fourth-order valence-corrected chi connectivity index (χ4v) is 9.17. The normalized spacial score (nSPS) is 16.7. The highest BCUT2D eigenvalue weighted by atomic mass is 16.5. The van der Waals surface area contributed by atoms with Gasteiger partial charge >= 0.3 is 0 Å². The Balaban J connectivity index is 1.08. The smallest absolute Gasteiger partial charge is 0.269 e. The minimum atomic E-state index is -0.563. The lowest BCUT2D eigenvalue weighted by Gasteiger charge is -2.42. The topological polar surface area (TPSA) is 35.9 Å². The molecule has 1 aliphatic carbocycles. The second-order valence-electron chi connectivity index (χ2n) is 16.9. The molecule has 5 heteroatoms. The number of fused-ring (bicyclic) bond motifs is 5. The van der Waals surface area contributed by atoms with Crippen molar-refractivity contribution in [2.24, 2.45) is 0 Å². The van der Waals surface area contributed by atoms with Crippen LogP contribution in [0.4, 0.5) is 0 Å². The SMILES string of the molecule is [2H]c1c([2H])c([2H])c(-c2cccc(-c3c([2H])c([2H])c([2H])c([2H])c3[2H])c2-[n+]2[c-]n(-c3cccc(Oc4ccc5c6ccccc6n(-c6nccc7c6C(C)(C)CCC7(C)C)c5c4)c3)c3ccccc32)c([2H])c1[2H]. The van der Waals surface area contributed by atoms with Gasteiger partial charge in [-0.05, 0) is 94.0 Å². The molecule has 0 N–H and O–H groups in total. The van der Waals surface area contributed by atoms with Gasteiger partial charge in [0.05, 0.1) is 47.1 Å². The van der Waals surface area contributed by atoms with Gasteiger partial charge in [-0.15, -0.1) is 0 Å². The van der Waals surface area contributed by atoms with Crippen molar-refractivity contribution in [3.05, 3.63) is 199 Å². The van der Waals surface area contributed by atoms with Crippen LogP contribution in [0.15, 0.2) is 182 Å². The molecule has 10 aromatic rings. The van der Waals surface area contributed by atoms with E-state index in [0.29, 0.717) is 28.2 Å². The van der Waals surface area contributed by atoms with E-state index in [9.17, 15) is 0 Å². The Labute approximate surface area is 370 Å². The number of hydrogen-bond acceptors (Lipinski definition) is 2. The second kappa shape index (κ2) is 14.2. The molecule has 0 amide bonds. The van der Waals surface area contributed by atoms with Crippen LogP contribution in [0.25, 0.3) is 72.3 Å². The first-order chi connectivity index (χ1) is 33.9. The maximum atomic E-state index is 9.03. The molecule has 296 valence electrons. The third-order valence-corrected chi connectivity index (χ3v) is 12.2. The Morgan fingerprint density at radius 1 is 0.623 bits per heavy atom. The Hall–Kier alpha value is -7.24. The van der Waals surface area contributed by atoms with Crippen molar-refractivity contribution in [3.63, 3.8) is 0 Å². The lowest BCUT2D eigenvalue weighted by Crippen LogP contribution is -2.35. The van der Waals surface area contributed by atoms with Crippen molar-refractivity contribution in [2.75, 3.05) is 0 Å². The van der Waals surface area contributed by atoms with Gasteiger partial charge in [-0.25, -0.2) is 4.98 Å². The van der Waals surface area contributed by atoms with E-state index in [1.807, 2.05) is 60.8 Å². The third kappa shape index (κ3) is 6.14. The zero-order valence-corrected chi connectivity index (χ0v) is 34.2. The lowest BCUT2D eigenvalue weighted by atomic mass is 9.63. The molecule has 5 nitrogen and oxygen atoms in total. The van der Waals surface area contributed by atoms with E-state index in [2.05, 4.69) is 81.1 Å². The summed E-state index contributed by atoms with van der Waals surface area (Å²) in [5.74, 6) is 2.05. The average molecular weight is 801 g/mol. The van der Waals surface area contributed by atoms with Crippen LogP contribution in [-0.2, 0) is 10.8 Å². The van der Waals surface area contributed by atoms with E-state index >= 15 is 0 Å². The predicted octanol–water partition coefficient (Wildman–Crippen LogP) is 13.7. The quantitative estimate of drug-likeness (QED) is 0.119. The molecule has 7 aromatic carbocycles. The Morgan fingerprint density at radius 3 is 2.02 bits per heavy atom. The van der Waals surface area contributed by atoms with Gasteiger partial charge < -0.3 is 4.74 Å². The first-order valence-corrected chi connectivity index (χ1v) is 20.4. The largest absolute Gasteiger partial charge is 0.458 e. The van der Waals surface area contributed by atoms with Gasteiger partial charge in [-0.3, -0.25) is 13.7 Å². The van der Waals surface area contributed by atoms with Crippen molar-refractivity contribution < 1.29 is 23.0 Å².